The van der Waals surface area contributed by atoms with Crippen LogP contribution in [0.1, 0.15) is 37.7 Å². The SMILES string of the molecule is COc1ccc(CCC(=O)N2CCCCC2CNC(=O)CCN)cc1OC.Cl. The zero-order valence-corrected chi connectivity index (χ0v) is 17.6. The smallest absolute Gasteiger partial charge is 0.223 e. The van der Waals surface area contributed by atoms with Crippen LogP contribution in [0.25, 0.3) is 0 Å². The van der Waals surface area contributed by atoms with Gasteiger partial charge in [0.2, 0.25) is 11.8 Å². The van der Waals surface area contributed by atoms with Gasteiger partial charge in [-0.15, -0.1) is 12.4 Å². The predicted molar refractivity (Wildman–Crippen MR) is 111 cm³/mol. The molecule has 1 saturated heterocycles. The number of ether oxygens (including phenoxy) is 2. The summed E-state index contributed by atoms with van der Waals surface area (Å²) in [6, 6.07) is 5.79. The van der Waals surface area contributed by atoms with Crippen LogP contribution < -0.4 is 20.5 Å². The number of hydrogen-bond donors (Lipinski definition) is 2. The van der Waals surface area contributed by atoms with Crippen molar-refractivity contribution >= 4 is 24.2 Å². The van der Waals surface area contributed by atoms with E-state index in [4.69, 9.17) is 15.2 Å². The van der Waals surface area contributed by atoms with Crippen LogP contribution in [0.15, 0.2) is 18.2 Å². The van der Waals surface area contributed by atoms with Gasteiger partial charge in [0, 0.05) is 38.5 Å². The molecule has 158 valence electrons. The van der Waals surface area contributed by atoms with Crippen molar-refractivity contribution in [3.8, 4) is 11.5 Å². The Balaban J connectivity index is 0.00000392. The highest BCUT2D eigenvalue weighted by molar-refractivity contribution is 5.85. The lowest BCUT2D eigenvalue weighted by Gasteiger charge is -2.36. The quantitative estimate of drug-likeness (QED) is 0.644. The molecule has 28 heavy (non-hydrogen) atoms. The van der Waals surface area contributed by atoms with Crippen molar-refractivity contribution in [2.45, 2.75) is 44.6 Å². The van der Waals surface area contributed by atoms with E-state index in [1.54, 1.807) is 14.2 Å². The number of aryl methyl sites for hydroxylation is 1. The lowest BCUT2D eigenvalue weighted by molar-refractivity contribution is -0.135. The summed E-state index contributed by atoms with van der Waals surface area (Å²) >= 11 is 0. The molecule has 0 aliphatic carbocycles. The predicted octanol–water partition coefficient (Wildman–Crippen LogP) is 1.90. The molecule has 0 bridgehead atoms. The average Bonchev–Trinajstić information content (AvgIpc) is 2.70. The van der Waals surface area contributed by atoms with E-state index in [0.717, 1.165) is 31.4 Å². The number of carbonyl (C=O) groups excluding carboxylic acids is 2. The van der Waals surface area contributed by atoms with Gasteiger partial charge in [-0.1, -0.05) is 6.07 Å². The molecule has 1 aromatic carbocycles. The van der Waals surface area contributed by atoms with Gasteiger partial charge in [-0.05, 0) is 43.4 Å². The Kier molecular flexibility index (Phi) is 10.7. The van der Waals surface area contributed by atoms with E-state index in [2.05, 4.69) is 5.32 Å². The van der Waals surface area contributed by atoms with E-state index in [0.29, 0.717) is 43.9 Å². The van der Waals surface area contributed by atoms with Crippen LogP contribution in [0, 0.1) is 0 Å². The normalized spacial score (nSPS) is 16.1. The fourth-order valence-corrected chi connectivity index (χ4v) is 3.42. The van der Waals surface area contributed by atoms with Crippen LogP contribution in [0.3, 0.4) is 0 Å². The molecule has 0 aromatic heterocycles. The lowest BCUT2D eigenvalue weighted by atomic mass is 10.0. The van der Waals surface area contributed by atoms with Crippen LogP contribution in [0.2, 0.25) is 0 Å². The molecule has 3 N–H and O–H groups in total. The van der Waals surface area contributed by atoms with Crippen LogP contribution >= 0.6 is 12.4 Å². The second kappa shape index (κ2) is 12.5. The number of hydrogen-bond acceptors (Lipinski definition) is 5. The van der Waals surface area contributed by atoms with Crippen molar-refractivity contribution in [3.63, 3.8) is 0 Å². The number of piperidine rings is 1. The maximum absolute atomic E-state index is 12.8. The number of nitrogens with one attached hydrogen (secondary N) is 1. The van der Waals surface area contributed by atoms with Gasteiger partial charge in [-0.2, -0.15) is 0 Å². The Morgan fingerprint density at radius 2 is 1.93 bits per heavy atom. The summed E-state index contributed by atoms with van der Waals surface area (Å²) in [6.07, 6.45) is 4.40. The summed E-state index contributed by atoms with van der Waals surface area (Å²) in [5, 5.41) is 2.90. The summed E-state index contributed by atoms with van der Waals surface area (Å²) in [5.74, 6) is 1.42. The zero-order valence-electron chi connectivity index (χ0n) is 16.7. The number of carbonyl (C=O) groups is 2. The topological polar surface area (TPSA) is 93.9 Å². The number of amides is 2. The molecule has 1 unspecified atom stereocenters. The first-order valence-corrected chi connectivity index (χ1v) is 9.56. The number of rotatable bonds is 9. The molecule has 1 aliphatic rings. The minimum atomic E-state index is -0.0548. The number of likely N-dealkylation sites (tertiary alicyclic amines) is 1. The van der Waals surface area contributed by atoms with E-state index in [-0.39, 0.29) is 30.3 Å². The van der Waals surface area contributed by atoms with E-state index in [1.165, 1.54) is 0 Å². The van der Waals surface area contributed by atoms with Crippen molar-refractivity contribution in [2.75, 3.05) is 33.9 Å². The molecule has 2 amide bonds. The third-order valence-electron chi connectivity index (χ3n) is 4.93. The average molecular weight is 414 g/mol. The highest BCUT2D eigenvalue weighted by atomic mass is 35.5. The Bertz CT molecular complexity index is 642. The highest BCUT2D eigenvalue weighted by Gasteiger charge is 2.26. The Hall–Kier alpha value is -1.99. The summed E-state index contributed by atoms with van der Waals surface area (Å²) in [7, 11) is 3.20. The first-order chi connectivity index (χ1) is 13.1. The molecule has 0 spiro atoms. The fourth-order valence-electron chi connectivity index (χ4n) is 3.42. The van der Waals surface area contributed by atoms with Crippen molar-refractivity contribution in [3.05, 3.63) is 23.8 Å². The molecule has 0 radical (unpaired) electrons. The van der Waals surface area contributed by atoms with Gasteiger partial charge in [-0.3, -0.25) is 9.59 Å². The minimum Gasteiger partial charge on any atom is -0.493 e. The maximum atomic E-state index is 12.8. The van der Waals surface area contributed by atoms with Gasteiger partial charge in [0.1, 0.15) is 0 Å². The molecular weight excluding hydrogens is 382 g/mol. The molecule has 2 rings (SSSR count). The van der Waals surface area contributed by atoms with Gasteiger partial charge < -0.3 is 25.4 Å². The number of methoxy groups -OCH3 is 2. The Morgan fingerprint density at radius 3 is 2.61 bits per heavy atom. The Labute approximate surface area is 173 Å². The van der Waals surface area contributed by atoms with E-state index in [9.17, 15) is 9.59 Å². The molecule has 0 saturated carbocycles. The third kappa shape index (κ3) is 6.87. The first kappa shape index (κ1) is 24.0. The second-order valence-corrected chi connectivity index (χ2v) is 6.77. The van der Waals surface area contributed by atoms with E-state index in [1.807, 2.05) is 23.1 Å². The largest absolute Gasteiger partial charge is 0.493 e. The molecule has 1 aromatic rings. The standard InChI is InChI=1S/C20H31N3O4.ClH/c1-26-17-8-6-15(13-18(17)27-2)7-9-20(25)23-12-4-3-5-16(23)14-22-19(24)10-11-21;/h6,8,13,16H,3-5,7,9-12,14,21H2,1-2H3,(H,22,24);1H. The lowest BCUT2D eigenvalue weighted by Crippen LogP contribution is -2.49. The minimum absolute atomic E-state index is 0. The van der Waals surface area contributed by atoms with E-state index < -0.39 is 0 Å². The number of nitrogens with two attached hydrogens (primary N) is 1. The summed E-state index contributed by atoms with van der Waals surface area (Å²) in [6.45, 7) is 1.59. The highest BCUT2D eigenvalue weighted by Crippen LogP contribution is 2.28. The van der Waals surface area contributed by atoms with Crippen molar-refractivity contribution in [2.24, 2.45) is 5.73 Å². The van der Waals surface area contributed by atoms with E-state index >= 15 is 0 Å². The Morgan fingerprint density at radius 1 is 1.18 bits per heavy atom. The fraction of sp³-hybridized carbons (Fsp3) is 0.600. The summed E-state index contributed by atoms with van der Waals surface area (Å²) < 4.78 is 10.6. The molecule has 1 heterocycles. The van der Waals surface area contributed by atoms with Crippen LogP contribution in [0.4, 0.5) is 0 Å². The number of nitrogens with zero attached hydrogens (tertiary/aromatic N) is 1. The molecular formula is C20H32ClN3O4. The van der Waals surface area contributed by atoms with Gasteiger partial charge >= 0.3 is 0 Å². The van der Waals surface area contributed by atoms with Gasteiger partial charge in [-0.25, -0.2) is 0 Å². The van der Waals surface area contributed by atoms with Crippen molar-refractivity contribution in [1.82, 2.24) is 10.2 Å². The zero-order chi connectivity index (χ0) is 19.6. The maximum Gasteiger partial charge on any atom is 0.223 e. The number of halogens is 1. The molecule has 1 aliphatic heterocycles. The second-order valence-electron chi connectivity index (χ2n) is 6.77. The number of benzene rings is 1. The van der Waals surface area contributed by atoms with Crippen molar-refractivity contribution < 1.29 is 19.1 Å². The molecule has 1 atom stereocenters. The molecule has 8 heteroatoms. The monoisotopic (exact) mass is 413 g/mol. The van der Waals surface area contributed by atoms with Crippen LogP contribution in [0.5, 0.6) is 11.5 Å². The molecule has 1 fully saturated rings. The van der Waals surface area contributed by atoms with Gasteiger partial charge in [0.05, 0.1) is 14.2 Å². The van der Waals surface area contributed by atoms with Crippen LogP contribution in [-0.2, 0) is 16.0 Å². The van der Waals surface area contributed by atoms with Crippen LogP contribution in [-0.4, -0.2) is 56.6 Å². The van der Waals surface area contributed by atoms with Gasteiger partial charge in [0.25, 0.3) is 0 Å². The van der Waals surface area contributed by atoms with Crippen molar-refractivity contribution in [1.29, 1.82) is 0 Å². The third-order valence-corrected chi connectivity index (χ3v) is 4.93. The van der Waals surface area contributed by atoms with Gasteiger partial charge in [0.15, 0.2) is 11.5 Å². The first-order valence-electron chi connectivity index (χ1n) is 9.56. The summed E-state index contributed by atoms with van der Waals surface area (Å²) in [4.78, 5) is 26.4. The summed E-state index contributed by atoms with van der Waals surface area (Å²) in [5.41, 5.74) is 6.44. The molecule has 7 nitrogen and oxygen atoms in total.